The quantitative estimate of drug-likeness (QED) is 0.669. The highest BCUT2D eigenvalue weighted by atomic mass is 35.5. The second kappa shape index (κ2) is 9.51. The fourth-order valence-corrected chi connectivity index (χ4v) is 6.22. The van der Waals surface area contributed by atoms with Gasteiger partial charge in [0.2, 0.25) is 15.9 Å². The minimum Gasteiger partial charge on any atom is -0.389 e. The van der Waals surface area contributed by atoms with Crippen LogP contribution >= 0.6 is 11.6 Å². The molecule has 6 nitrogen and oxygen atoms in total. The van der Waals surface area contributed by atoms with Crippen LogP contribution in [0.1, 0.15) is 37.7 Å². The summed E-state index contributed by atoms with van der Waals surface area (Å²) < 4.78 is 28.7. The van der Waals surface area contributed by atoms with Crippen LogP contribution in [0.5, 0.6) is 0 Å². The van der Waals surface area contributed by atoms with E-state index in [1.165, 1.54) is 12.1 Å². The molecule has 2 fully saturated rings. The van der Waals surface area contributed by atoms with Crippen LogP contribution in [0.2, 0.25) is 5.02 Å². The molecule has 3 atom stereocenters. The lowest BCUT2D eigenvalue weighted by Crippen LogP contribution is -2.58. The van der Waals surface area contributed by atoms with Crippen LogP contribution in [0.15, 0.2) is 59.5 Å². The van der Waals surface area contributed by atoms with Gasteiger partial charge in [0.15, 0.2) is 0 Å². The lowest BCUT2D eigenvalue weighted by Gasteiger charge is -2.48. The molecule has 1 saturated heterocycles. The first-order valence-corrected chi connectivity index (χ1v) is 13.0. The van der Waals surface area contributed by atoms with Gasteiger partial charge in [-0.15, -0.1) is 0 Å². The van der Waals surface area contributed by atoms with Crippen molar-refractivity contribution in [2.24, 2.45) is 5.92 Å². The van der Waals surface area contributed by atoms with Crippen molar-refractivity contribution in [1.82, 2.24) is 9.62 Å². The molecule has 0 unspecified atom stereocenters. The number of hydrogen-bond donors (Lipinski definition) is 2. The van der Waals surface area contributed by atoms with Gasteiger partial charge in [-0.3, -0.25) is 4.79 Å². The molecule has 0 spiro atoms. The largest absolute Gasteiger partial charge is 0.389 e. The molecular weight excluding hydrogens is 448 g/mol. The third-order valence-corrected chi connectivity index (χ3v) is 8.48. The number of nitrogens with one attached hydrogen (secondary N) is 1. The molecule has 0 bridgehead atoms. The zero-order valence-corrected chi connectivity index (χ0v) is 19.5. The number of rotatable bonds is 6. The van der Waals surface area contributed by atoms with Crippen LogP contribution in [-0.2, 0) is 21.2 Å². The number of benzene rings is 2. The van der Waals surface area contributed by atoms with E-state index < -0.39 is 21.7 Å². The van der Waals surface area contributed by atoms with Gasteiger partial charge in [0.1, 0.15) is 6.04 Å². The van der Waals surface area contributed by atoms with Crippen LogP contribution in [-0.4, -0.2) is 49.1 Å². The number of carbonyl (C=O) groups is 1. The zero-order chi connectivity index (χ0) is 22.8. The second-order valence-electron chi connectivity index (χ2n) is 8.90. The highest BCUT2D eigenvalue weighted by Gasteiger charge is 2.44. The highest BCUT2D eigenvalue weighted by molar-refractivity contribution is 7.89. The summed E-state index contributed by atoms with van der Waals surface area (Å²) >= 11 is 5.99. The Morgan fingerprint density at radius 2 is 1.84 bits per heavy atom. The maximum atomic E-state index is 13.5. The molecule has 8 heteroatoms. The molecule has 2 aliphatic rings. The molecule has 2 aromatic carbocycles. The summed E-state index contributed by atoms with van der Waals surface area (Å²) in [5.41, 5.74) is 0.110. The average Bonchev–Trinajstić information content (AvgIpc) is 2.79. The predicted molar refractivity (Wildman–Crippen MR) is 124 cm³/mol. The molecule has 32 heavy (non-hydrogen) atoms. The van der Waals surface area contributed by atoms with Crippen LogP contribution < -0.4 is 4.72 Å². The Balaban J connectivity index is 1.57. The molecule has 1 aliphatic heterocycles. The van der Waals surface area contributed by atoms with Crippen LogP contribution in [0.3, 0.4) is 0 Å². The fourth-order valence-electron chi connectivity index (χ4n) is 4.88. The predicted octanol–water partition coefficient (Wildman–Crippen LogP) is 3.38. The Labute approximate surface area is 194 Å². The summed E-state index contributed by atoms with van der Waals surface area (Å²) in [6, 6.07) is 14.2. The lowest BCUT2D eigenvalue weighted by atomic mass is 9.71. The van der Waals surface area contributed by atoms with Crippen LogP contribution in [0.4, 0.5) is 0 Å². The number of sulfonamides is 1. The molecule has 1 amide bonds. The van der Waals surface area contributed by atoms with Crippen LogP contribution in [0, 0.1) is 5.92 Å². The van der Waals surface area contributed by atoms with Gasteiger partial charge in [-0.05, 0) is 55.5 Å². The number of carbonyl (C=O) groups excluding carboxylic acids is 1. The SMILES string of the molecule is O=C([C@H](Cc1ccc(Cl)cc1)NS(=O)(=O)c1ccccc1)N1CC[C@@]2(O)CCCC[C@H]2C1. The van der Waals surface area contributed by atoms with Gasteiger partial charge in [-0.1, -0.05) is 54.8 Å². The Bertz CT molecular complexity index is 1050. The van der Waals surface area contributed by atoms with Crippen molar-refractivity contribution < 1.29 is 18.3 Å². The van der Waals surface area contributed by atoms with Gasteiger partial charge in [0.05, 0.1) is 10.5 Å². The number of likely N-dealkylation sites (tertiary alicyclic amines) is 1. The second-order valence-corrected chi connectivity index (χ2v) is 11.0. The number of piperidine rings is 1. The number of fused-ring (bicyclic) bond motifs is 1. The standard InChI is InChI=1S/C24H29ClN2O4S/c25-20-11-9-18(10-12-20)16-22(26-32(30,31)21-7-2-1-3-8-21)23(28)27-15-14-24(29)13-5-4-6-19(24)17-27/h1-3,7-12,19,22,26,29H,4-6,13-17H2/t19-,22-,24-/m0/s1. The zero-order valence-electron chi connectivity index (χ0n) is 17.9. The number of halogens is 1. The summed E-state index contributed by atoms with van der Waals surface area (Å²) in [4.78, 5) is 15.4. The van der Waals surface area contributed by atoms with E-state index in [4.69, 9.17) is 11.6 Å². The van der Waals surface area contributed by atoms with Crippen molar-refractivity contribution in [1.29, 1.82) is 0 Å². The molecule has 1 aliphatic carbocycles. The lowest BCUT2D eigenvalue weighted by molar-refractivity contribution is -0.145. The molecule has 0 aromatic heterocycles. The van der Waals surface area contributed by atoms with Gasteiger partial charge in [-0.2, -0.15) is 4.72 Å². The van der Waals surface area contributed by atoms with E-state index in [-0.39, 0.29) is 23.1 Å². The van der Waals surface area contributed by atoms with E-state index >= 15 is 0 Å². The van der Waals surface area contributed by atoms with Crippen molar-refractivity contribution in [2.75, 3.05) is 13.1 Å². The smallest absolute Gasteiger partial charge is 0.241 e. The molecule has 0 radical (unpaired) electrons. The number of aliphatic hydroxyl groups is 1. The van der Waals surface area contributed by atoms with Crippen molar-refractivity contribution in [2.45, 2.75) is 55.1 Å². The van der Waals surface area contributed by atoms with Gasteiger partial charge in [0.25, 0.3) is 0 Å². The van der Waals surface area contributed by atoms with E-state index in [2.05, 4.69) is 4.72 Å². The van der Waals surface area contributed by atoms with E-state index in [1.807, 2.05) is 0 Å². The topological polar surface area (TPSA) is 86.7 Å². The van der Waals surface area contributed by atoms with E-state index in [0.29, 0.717) is 24.5 Å². The third-order valence-electron chi connectivity index (χ3n) is 6.74. The third kappa shape index (κ3) is 5.17. The number of nitrogens with zero attached hydrogens (tertiary/aromatic N) is 1. The summed E-state index contributed by atoms with van der Waals surface area (Å²) in [6.45, 7) is 0.884. The molecule has 1 heterocycles. The number of amides is 1. The molecule has 2 aromatic rings. The minimum atomic E-state index is -3.88. The molecular formula is C24H29ClN2O4S. The summed E-state index contributed by atoms with van der Waals surface area (Å²) in [5.74, 6) is -0.219. The fraction of sp³-hybridized carbons (Fsp3) is 0.458. The summed E-state index contributed by atoms with van der Waals surface area (Å²) in [7, 11) is -3.88. The van der Waals surface area contributed by atoms with Crippen molar-refractivity contribution in [3.63, 3.8) is 0 Å². The van der Waals surface area contributed by atoms with Crippen LogP contribution in [0.25, 0.3) is 0 Å². The van der Waals surface area contributed by atoms with E-state index in [9.17, 15) is 18.3 Å². The Kier molecular flexibility index (Phi) is 6.91. The van der Waals surface area contributed by atoms with Crippen molar-refractivity contribution in [3.05, 3.63) is 65.2 Å². The summed E-state index contributed by atoms with van der Waals surface area (Å²) in [6.07, 6.45) is 4.46. The first-order valence-electron chi connectivity index (χ1n) is 11.1. The maximum Gasteiger partial charge on any atom is 0.241 e. The Morgan fingerprint density at radius 1 is 1.12 bits per heavy atom. The highest BCUT2D eigenvalue weighted by Crippen LogP contribution is 2.40. The number of hydrogen-bond acceptors (Lipinski definition) is 4. The van der Waals surface area contributed by atoms with E-state index in [1.54, 1.807) is 47.4 Å². The van der Waals surface area contributed by atoms with Crippen molar-refractivity contribution >= 4 is 27.5 Å². The normalized spacial score (nSPS) is 24.6. The van der Waals surface area contributed by atoms with Gasteiger partial charge >= 0.3 is 0 Å². The molecule has 172 valence electrons. The monoisotopic (exact) mass is 476 g/mol. The van der Waals surface area contributed by atoms with Gasteiger partial charge in [0, 0.05) is 24.0 Å². The van der Waals surface area contributed by atoms with Crippen molar-refractivity contribution in [3.8, 4) is 0 Å². The minimum absolute atomic E-state index is 0.0378. The summed E-state index contributed by atoms with van der Waals surface area (Å²) in [5, 5.41) is 11.5. The first-order chi connectivity index (χ1) is 15.3. The maximum absolute atomic E-state index is 13.5. The van der Waals surface area contributed by atoms with E-state index in [0.717, 1.165) is 31.2 Å². The first kappa shape index (κ1) is 23.2. The average molecular weight is 477 g/mol. The molecule has 1 saturated carbocycles. The van der Waals surface area contributed by atoms with Gasteiger partial charge in [-0.25, -0.2) is 8.42 Å². The Hall–Kier alpha value is -1.93. The molecule has 4 rings (SSSR count). The molecule has 2 N–H and O–H groups in total. The Morgan fingerprint density at radius 3 is 2.56 bits per heavy atom. The van der Waals surface area contributed by atoms with Gasteiger partial charge < -0.3 is 10.0 Å².